The van der Waals surface area contributed by atoms with Crippen LogP contribution in [0.3, 0.4) is 0 Å². The average molecular weight is 310 g/mol. The van der Waals surface area contributed by atoms with Crippen LogP contribution in [-0.2, 0) is 0 Å². The van der Waals surface area contributed by atoms with Crippen LogP contribution in [0.4, 0.5) is 5.82 Å². The Kier molecular flexibility index (Phi) is 3.57. The molecule has 2 saturated heterocycles. The lowest BCUT2D eigenvalue weighted by atomic mass is 9.85. The molecule has 2 aliphatic heterocycles. The minimum absolute atomic E-state index is 0.742. The molecule has 0 radical (unpaired) electrons. The summed E-state index contributed by atoms with van der Waals surface area (Å²) in [7, 11) is 0. The van der Waals surface area contributed by atoms with E-state index in [1.165, 1.54) is 25.8 Å². The Balaban J connectivity index is 1.75. The summed E-state index contributed by atoms with van der Waals surface area (Å²) < 4.78 is 1.10. The monoisotopic (exact) mass is 309 g/mol. The number of hydrogen-bond acceptors (Lipinski definition) is 3. The second-order valence-corrected chi connectivity index (χ2v) is 6.29. The second-order valence-electron chi connectivity index (χ2n) is 5.43. The van der Waals surface area contributed by atoms with Crippen LogP contribution in [0.1, 0.15) is 25.0 Å². The summed E-state index contributed by atoms with van der Waals surface area (Å²) in [6, 6.07) is 4.99. The smallest absolute Gasteiger partial charge is 0.128 e. The molecule has 4 heteroatoms. The molecule has 1 aromatic rings. The molecule has 3 rings (SSSR count). The summed E-state index contributed by atoms with van der Waals surface area (Å²) in [6.07, 6.45) is 3.94. The molecule has 0 spiro atoms. The van der Waals surface area contributed by atoms with Gasteiger partial charge in [-0.05, 0) is 66.7 Å². The number of pyridine rings is 1. The first-order chi connectivity index (χ1) is 8.74. The minimum atomic E-state index is 0.742. The molecule has 3 heterocycles. The summed E-state index contributed by atoms with van der Waals surface area (Å²) in [4.78, 5) is 7.14. The standard InChI is InChI=1S/C14H20BrN3/c1-10-12(15)4-5-14(17-10)18-8-6-13-11(9-18)3-2-7-16-13/h4-5,11,13,16H,2-3,6-9H2,1H3. The quantitative estimate of drug-likeness (QED) is 0.864. The fourth-order valence-electron chi connectivity index (χ4n) is 3.16. The number of hydrogen-bond donors (Lipinski definition) is 1. The van der Waals surface area contributed by atoms with Gasteiger partial charge in [0.05, 0.1) is 5.69 Å². The van der Waals surface area contributed by atoms with Gasteiger partial charge in [-0.25, -0.2) is 4.98 Å². The largest absolute Gasteiger partial charge is 0.356 e. The van der Waals surface area contributed by atoms with E-state index < -0.39 is 0 Å². The second kappa shape index (κ2) is 5.17. The first-order valence-electron chi connectivity index (χ1n) is 6.85. The Bertz CT molecular complexity index is 435. The fraction of sp³-hybridized carbons (Fsp3) is 0.643. The summed E-state index contributed by atoms with van der Waals surface area (Å²) in [5.41, 5.74) is 1.08. The van der Waals surface area contributed by atoms with Crippen LogP contribution < -0.4 is 10.2 Å². The predicted molar refractivity (Wildman–Crippen MR) is 78.0 cm³/mol. The van der Waals surface area contributed by atoms with Crippen molar-refractivity contribution in [2.45, 2.75) is 32.2 Å². The van der Waals surface area contributed by atoms with Gasteiger partial charge in [0, 0.05) is 23.6 Å². The van der Waals surface area contributed by atoms with Crippen LogP contribution in [0.15, 0.2) is 16.6 Å². The van der Waals surface area contributed by atoms with E-state index in [0.717, 1.165) is 41.0 Å². The topological polar surface area (TPSA) is 28.2 Å². The van der Waals surface area contributed by atoms with Gasteiger partial charge in [-0.3, -0.25) is 0 Å². The van der Waals surface area contributed by atoms with Gasteiger partial charge in [-0.15, -0.1) is 0 Å². The number of aromatic nitrogens is 1. The fourth-order valence-corrected chi connectivity index (χ4v) is 3.38. The number of fused-ring (bicyclic) bond motifs is 1. The molecule has 0 saturated carbocycles. The third-order valence-corrected chi connectivity index (χ3v) is 5.06. The molecular weight excluding hydrogens is 290 g/mol. The van der Waals surface area contributed by atoms with E-state index in [2.05, 4.69) is 45.2 Å². The number of nitrogens with one attached hydrogen (secondary N) is 1. The molecule has 0 bridgehead atoms. The normalized spacial score (nSPS) is 28.0. The van der Waals surface area contributed by atoms with Crippen molar-refractivity contribution in [3.63, 3.8) is 0 Å². The van der Waals surface area contributed by atoms with Crippen molar-refractivity contribution in [1.82, 2.24) is 10.3 Å². The van der Waals surface area contributed by atoms with E-state index in [-0.39, 0.29) is 0 Å². The number of aryl methyl sites for hydroxylation is 1. The molecule has 0 amide bonds. The van der Waals surface area contributed by atoms with Crippen LogP contribution in [0.5, 0.6) is 0 Å². The average Bonchev–Trinajstić information content (AvgIpc) is 2.41. The van der Waals surface area contributed by atoms with Crippen molar-refractivity contribution in [3.8, 4) is 0 Å². The van der Waals surface area contributed by atoms with Crippen LogP contribution in [0.25, 0.3) is 0 Å². The van der Waals surface area contributed by atoms with Crippen LogP contribution in [0, 0.1) is 12.8 Å². The molecule has 2 aliphatic rings. The lowest BCUT2D eigenvalue weighted by molar-refractivity contribution is 0.244. The van der Waals surface area contributed by atoms with E-state index in [1.807, 2.05) is 0 Å². The zero-order valence-electron chi connectivity index (χ0n) is 10.8. The molecule has 0 aromatic carbocycles. The first-order valence-corrected chi connectivity index (χ1v) is 7.65. The van der Waals surface area contributed by atoms with Crippen molar-refractivity contribution in [2.75, 3.05) is 24.5 Å². The predicted octanol–water partition coefficient (Wildman–Crippen LogP) is 2.73. The van der Waals surface area contributed by atoms with Gasteiger partial charge in [-0.2, -0.15) is 0 Å². The molecule has 2 unspecified atom stereocenters. The van der Waals surface area contributed by atoms with Gasteiger partial charge < -0.3 is 10.2 Å². The highest BCUT2D eigenvalue weighted by Crippen LogP contribution is 2.28. The van der Waals surface area contributed by atoms with Crippen LogP contribution in [0.2, 0.25) is 0 Å². The number of nitrogens with zero attached hydrogens (tertiary/aromatic N) is 2. The van der Waals surface area contributed by atoms with E-state index in [1.54, 1.807) is 0 Å². The summed E-state index contributed by atoms with van der Waals surface area (Å²) in [5.74, 6) is 1.94. The van der Waals surface area contributed by atoms with Gasteiger partial charge in [0.1, 0.15) is 5.82 Å². The van der Waals surface area contributed by atoms with E-state index in [4.69, 9.17) is 4.98 Å². The summed E-state index contributed by atoms with van der Waals surface area (Å²) in [5, 5.41) is 3.66. The van der Waals surface area contributed by atoms with Gasteiger partial charge >= 0.3 is 0 Å². The van der Waals surface area contributed by atoms with Crippen LogP contribution >= 0.6 is 15.9 Å². The zero-order chi connectivity index (χ0) is 12.5. The van der Waals surface area contributed by atoms with Crippen molar-refractivity contribution in [1.29, 1.82) is 0 Å². The molecule has 1 N–H and O–H groups in total. The molecule has 2 fully saturated rings. The van der Waals surface area contributed by atoms with E-state index in [9.17, 15) is 0 Å². The van der Waals surface area contributed by atoms with Gasteiger partial charge in [-0.1, -0.05) is 0 Å². The Hall–Kier alpha value is -0.610. The van der Waals surface area contributed by atoms with Gasteiger partial charge in [0.15, 0.2) is 0 Å². The highest BCUT2D eigenvalue weighted by Gasteiger charge is 2.31. The minimum Gasteiger partial charge on any atom is -0.356 e. The van der Waals surface area contributed by atoms with Crippen molar-refractivity contribution in [2.24, 2.45) is 5.92 Å². The third kappa shape index (κ3) is 2.41. The number of rotatable bonds is 1. The van der Waals surface area contributed by atoms with E-state index >= 15 is 0 Å². The Morgan fingerprint density at radius 2 is 2.28 bits per heavy atom. The van der Waals surface area contributed by atoms with E-state index in [0.29, 0.717) is 0 Å². The lowest BCUT2D eigenvalue weighted by Crippen LogP contribution is -2.52. The Morgan fingerprint density at radius 1 is 1.39 bits per heavy atom. The molecular formula is C14H20BrN3. The molecule has 1 aromatic heterocycles. The maximum atomic E-state index is 4.69. The van der Waals surface area contributed by atoms with Crippen molar-refractivity contribution < 1.29 is 0 Å². The molecule has 0 aliphatic carbocycles. The Labute approximate surface area is 117 Å². The SMILES string of the molecule is Cc1nc(N2CCC3NCCCC3C2)ccc1Br. The molecule has 18 heavy (non-hydrogen) atoms. The highest BCUT2D eigenvalue weighted by atomic mass is 79.9. The van der Waals surface area contributed by atoms with Crippen molar-refractivity contribution >= 4 is 21.7 Å². The lowest BCUT2D eigenvalue weighted by Gasteiger charge is -2.42. The van der Waals surface area contributed by atoms with Crippen molar-refractivity contribution in [3.05, 3.63) is 22.3 Å². The summed E-state index contributed by atoms with van der Waals surface area (Å²) in [6.45, 7) is 5.55. The molecule has 98 valence electrons. The third-order valence-electron chi connectivity index (χ3n) is 4.22. The Morgan fingerprint density at radius 3 is 3.11 bits per heavy atom. The van der Waals surface area contributed by atoms with Gasteiger partial charge in [0.2, 0.25) is 0 Å². The maximum Gasteiger partial charge on any atom is 0.128 e. The number of anilines is 1. The number of halogens is 1. The summed E-state index contributed by atoms with van der Waals surface area (Å²) >= 11 is 3.52. The zero-order valence-corrected chi connectivity index (χ0v) is 12.4. The molecule has 2 atom stereocenters. The van der Waals surface area contributed by atoms with Gasteiger partial charge in [0.25, 0.3) is 0 Å². The molecule has 3 nitrogen and oxygen atoms in total. The van der Waals surface area contributed by atoms with Crippen LogP contribution in [-0.4, -0.2) is 30.7 Å². The first kappa shape index (κ1) is 12.4. The maximum absolute atomic E-state index is 4.69. The number of piperidine rings is 2. The highest BCUT2D eigenvalue weighted by molar-refractivity contribution is 9.10.